The number of aromatic nitrogens is 1. The third-order valence-corrected chi connectivity index (χ3v) is 7.67. The van der Waals surface area contributed by atoms with E-state index in [0.29, 0.717) is 23.4 Å². The number of fused-ring (bicyclic) bond motifs is 1. The Morgan fingerprint density at radius 2 is 1.97 bits per heavy atom. The minimum atomic E-state index is -3.79. The third-order valence-electron chi connectivity index (χ3n) is 4.84. The molecule has 1 aromatic heterocycles. The number of ether oxygens (including phenoxy) is 2. The number of hydrogen-bond acceptors (Lipinski definition) is 10. The van der Waals surface area contributed by atoms with E-state index in [0.717, 1.165) is 11.3 Å². The predicted molar refractivity (Wildman–Crippen MR) is 121 cm³/mol. The fraction of sp³-hybridized carbons (Fsp3) is 0.250. The van der Waals surface area contributed by atoms with Gasteiger partial charge in [-0.2, -0.15) is 4.31 Å². The molecule has 12 nitrogen and oxygen atoms in total. The first-order valence-electron chi connectivity index (χ1n) is 9.94. The second-order valence-electron chi connectivity index (χ2n) is 7.10. The number of benzene rings is 2. The average molecular weight is 507 g/mol. The van der Waals surface area contributed by atoms with Gasteiger partial charge in [-0.3, -0.25) is 20.2 Å². The lowest BCUT2D eigenvalue weighted by Crippen LogP contribution is -2.40. The van der Waals surface area contributed by atoms with Gasteiger partial charge in [0.05, 0.1) is 38.8 Å². The number of carbonyl (C=O) groups excluding carboxylic acids is 2. The molecule has 0 radical (unpaired) electrons. The molecule has 2 aromatic carbocycles. The monoisotopic (exact) mass is 506 g/mol. The van der Waals surface area contributed by atoms with Crippen molar-refractivity contribution in [1.29, 1.82) is 0 Å². The van der Waals surface area contributed by atoms with Gasteiger partial charge < -0.3 is 9.47 Å². The maximum absolute atomic E-state index is 12.8. The van der Waals surface area contributed by atoms with Gasteiger partial charge in [0.15, 0.2) is 11.7 Å². The van der Waals surface area contributed by atoms with Gasteiger partial charge in [0.25, 0.3) is 11.6 Å². The van der Waals surface area contributed by atoms with Gasteiger partial charge in [-0.25, -0.2) is 18.2 Å². The van der Waals surface area contributed by atoms with Crippen molar-refractivity contribution < 1.29 is 32.4 Å². The number of nitrogens with zero attached hydrogens (tertiary/aromatic N) is 3. The lowest BCUT2D eigenvalue weighted by molar-refractivity contribution is -0.384. The topological polar surface area (TPSA) is 158 Å². The Bertz CT molecular complexity index is 1370. The number of nitro groups is 1. The van der Waals surface area contributed by atoms with Gasteiger partial charge in [-0.1, -0.05) is 17.4 Å². The average Bonchev–Trinajstić information content (AvgIpc) is 3.24. The number of nitro benzene ring substituents is 1. The fourth-order valence-electron chi connectivity index (χ4n) is 3.17. The highest BCUT2D eigenvalue weighted by Gasteiger charge is 2.27. The van der Waals surface area contributed by atoms with Crippen molar-refractivity contribution >= 4 is 54.3 Å². The van der Waals surface area contributed by atoms with Gasteiger partial charge in [0, 0.05) is 25.2 Å². The summed E-state index contributed by atoms with van der Waals surface area (Å²) in [6.45, 7) is 0.394. The normalized spacial score (nSPS) is 14.6. The van der Waals surface area contributed by atoms with Crippen molar-refractivity contribution in [2.24, 2.45) is 0 Å². The molecule has 178 valence electrons. The van der Waals surface area contributed by atoms with Crippen LogP contribution < -0.4 is 5.32 Å². The minimum absolute atomic E-state index is 0.0190. The van der Waals surface area contributed by atoms with Crippen molar-refractivity contribution in [3.8, 4) is 0 Å². The van der Waals surface area contributed by atoms with Gasteiger partial charge in [-0.15, -0.1) is 0 Å². The number of morpholine rings is 1. The Morgan fingerprint density at radius 3 is 2.71 bits per heavy atom. The summed E-state index contributed by atoms with van der Waals surface area (Å²) in [5, 5.41) is 13.5. The second kappa shape index (κ2) is 9.80. The Morgan fingerprint density at radius 1 is 1.21 bits per heavy atom. The van der Waals surface area contributed by atoms with E-state index < -0.39 is 33.4 Å². The zero-order valence-corrected chi connectivity index (χ0v) is 19.1. The molecule has 0 aliphatic carbocycles. The van der Waals surface area contributed by atoms with E-state index >= 15 is 0 Å². The zero-order chi connectivity index (χ0) is 24.3. The van der Waals surface area contributed by atoms with E-state index in [9.17, 15) is 28.1 Å². The SMILES string of the molecule is O=C(COC(=O)c1cccc(S(=O)(=O)N2CCOCC2)c1)Nc1nc2ccc([N+](=O)[O-])cc2s1. The number of thiazole rings is 1. The maximum Gasteiger partial charge on any atom is 0.338 e. The molecule has 0 spiro atoms. The molecular weight excluding hydrogens is 488 g/mol. The second-order valence-corrected chi connectivity index (χ2v) is 10.1. The zero-order valence-electron chi connectivity index (χ0n) is 17.5. The fourth-order valence-corrected chi connectivity index (χ4v) is 5.54. The smallest absolute Gasteiger partial charge is 0.338 e. The van der Waals surface area contributed by atoms with Crippen LogP contribution in [0.1, 0.15) is 10.4 Å². The molecule has 0 bridgehead atoms. The van der Waals surface area contributed by atoms with Crippen LogP contribution >= 0.6 is 11.3 Å². The number of amides is 1. The summed E-state index contributed by atoms with van der Waals surface area (Å²) >= 11 is 1.04. The molecule has 0 unspecified atom stereocenters. The van der Waals surface area contributed by atoms with Gasteiger partial charge in [0.2, 0.25) is 10.0 Å². The molecular formula is C20H18N4O8S2. The Kier molecular flexibility index (Phi) is 6.83. The van der Waals surface area contributed by atoms with Crippen LogP contribution in [0.25, 0.3) is 10.2 Å². The van der Waals surface area contributed by atoms with Crippen molar-refractivity contribution in [3.05, 3.63) is 58.1 Å². The van der Waals surface area contributed by atoms with E-state index in [2.05, 4.69) is 10.3 Å². The van der Waals surface area contributed by atoms with E-state index in [4.69, 9.17) is 9.47 Å². The van der Waals surface area contributed by atoms with Crippen molar-refractivity contribution in [1.82, 2.24) is 9.29 Å². The molecule has 4 rings (SSSR count). The lowest BCUT2D eigenvalue weighted by Gasteiger charge is -2.26. The summed E-state index contributed by atoms with van der Waals surface area (Å²) in [6, 6.07) is 9.52. The Labute approximate surface area is 197 Å². The molecule has 34 heavy (non-hydrogen) atoms. The molecule has 2 heterocycles. The van der Waals surface area contributed by atoms with Gasteiger partial charge in [-0.05, 0) is 24.3 Å². The third kappa shape index (κ3) is 5.20. The first kappa shape index (κ1) is 23.7. The maximum atomic E-state index is 12.8. The van der Waals surface area contributed by atoms with Crippen LogP contribution in [0.15, 0.2) is 47.4 Å². The highest BCUT2D eigenvalue weighted by molar-refractivity contribution is 7.89. The number of nitrogens with one attached hydrogen (secondary N) is 1. The number of non-ortho nitro benzene ring substituents is 1. The van der Waals surface area contributed by atoms with Crippen molar-refractivity contribution in [3.63, 3.8) is 0 Å². The number of esters is 1. The highest BCUT2D eigenvalue weighted by atomic mass is 32.2. The molecule has 1 fully saturated rings. The molecule has 14 heteroatoms. The van der Waals surface area contributed by atoms with Crippen LogP contribution in [0.5, 0.6) is 0 Å². The molecule has 1 N–H and O–H groups in total. The quantitative estimate of drug-likeness (QED) is 0.287. The molecule has 0 saturated carbocycles. The number of anilines is 1. The standard InChI is InChI=1S/C20H18N4O8S2/c25-18(22-20-21-16-5-4-14(24(27)28)11-17(16)33-20)12-32-19(26)13-2-1-3-15(10-13)34(29,30)23-6-8-31-9-7-23/h1-5,10-11H,6-9,12H2,(H,21,22,25). The van der Waals surface area contributed by atoms with E-state index in [1.54, 1.807) is 0 Å². The summed E-state index contributed by atoms with van der Waals surface area (Å²) in [5.74, 6) is -1.53. The lowest BCUT2D eigenvalue weighted by atomic mass is 10.2. The van der Waals surface area contributed by atoms with Crippen LogP contribution in [-0.2, 0) is 24.3 Å². The highest BCUT2D eigenvalue weighted by Crippen LogP contribution is 2.29. The molecule has 0 atom stereocenters. The summed E-state index contributed by atoms with van der Waals surface area (Å²) < 4.78 is 37.5. The number of hydrogen-bond donors (Lipinski definition) is 1. The first-order chi connectivity index (χ1) is 16.2. The number of carbonyl (C=O) groups is 2. The van der Waals surface area contributed by atoms with Gasteiger partial charge in [0.1, 0.15) is 0 Å². The van der Waals surface area contributed by atoms with Crippen LogP contribution in [0, 0.1) is 10.1 Å². The summed E-state index contributed by atoms with van der Waals surface area (Å²) in [7, 11) is -3.79. The van der Waals surface area contributed by atoms with Crippen LogP contribution in [0.4, 0.5) is 10.8 Å². The molecule has 1 aliphatic heterocycles. The molecule has 3 aromatic rings. The molecule has 1 saturated heterocycles. The van der Waals surface area contributed by atoms with Crippen LogP contribution in [0.2, 0.25) is 0 Å². The number of rotatable bonds is 7. The first-order valence-corrected chi connectivity index (χ1v) is 12.2. The van der Waals surface area contributed by atoms with Crippen molar-refractivity contribution in [2.75, 3.05) is 38.2 Å². The van der Waals surface area contributed by atoms with E-state index in [-0.39, 0.29) is 34.4 Å². The summed E-state index contributed by atoms with van der Waals surface area (Å²) in [6.07, 6.45) is 0. The molecule has 1 aliphatic rings. The van der Waals surface area contributed by atoms with Gasteiger partial charge >= 0.3 is 5.97 Å². The van der Waals surface area contributed by atoms with Crippen LogP contribution in [-0.4, -0.2) is 67.4 Å². The van der Waals surface area contributed by atoms with E-state index in [1.807, 2.05) is 0 Å². The van der Waals surface area contributed by atoms with Crippen molar-refractivity contribution in [2.45, 2.75) is 4.90 Å². The molecule has 1 amide bonds. The van der Waals surface area contributed by atoms with E-state index in [1.165, 1.54) is 46.8 Å². The van der Waals surface area contributed by atoms with Crippen LogP contribution in [0.3, 0.4) is 0 Å². The Hall–Kier alpha value is -3.46. The largest absolute Gasteiger partial charge is 0.452 e. The Balaban J connectivity index is 1.38. The summed E-state index contributed by atoms with van der Waals surface area (Å²) in [5.41, 5.74) is 0.358. The number of sulfonamides is 1. The summed E-state index contributed by atoms with van der Waals surface area (Å²) in [4.78, 5) is 39.0. The predicted octanol–water partition coefficient (Wildman–Crippen LogP) is 2.02. The minimum Gasteiger partial charge on any atom is -0.452 e.